The predicted octanol–water partition coefficient (Wildman–Crippen LogP) is 1.60. The highest BCUT2D eigenvalue weighted by Crippen LogP contribution is 2.06. The van der Waals surface area contributed by atoms with E-state index in [4.69, 9.17) is 10.6 Å². The fourth-order valence-corrected chi connectivity index (χ4v) is 1.28. The van der Waals surface area contributed by atoms with Crippen LogP contribution in [0.15, 0.2) is 22.0 Å². The first-order valence-electron chi connectivity index (χ1n) is 3.69. The lowest BCUT2D eigenvalue weighted by Gasteiger charge is -1.97. The molecule has 0 aliphatic heterocycles. The molecule has 12 heavy (non-hydrogen) atoms. The standard InChI is InChI=1S/C8H12N2OS/c1-7(4-9)10-11-5-8-2-3-12-6-8/h2-3,6H,4-5,9H2,1H3/b10-7+. The Balaban J connectivity index is 2.28. The van der Waals surface area contributed by atoms with Crippen molar-refractivity contribution in [2.24, 2.45) is 10.9 Å². The minimum atomic E-state index is 0.448. The predicted molar refractivity (Wildman–Crippen MR) is 51.3 cm³/mol. The Hall–Kier alpha value is -0.870. The summed E-state index contributed by atoms with van der Waals surface area (Å²) in [5.41, 5.74) is 7.28. The third kappa shape index (κ3) is 3.02. The highest BCUT2D eigenvalue weighted by atomic mass is 32.1. The fourth-order valence-electron chi connectivity index (χ4n) is 0.629. The first-order valence-corrected chi connectivity index (χ1v) is 4.64. The molecule has 0 bridgehead atoms. The number of thiophene rings is 1. The van der Waals surface area contributed by atoms with E-state index in [-0.39, 0.29) is 0 Å². The van der Waals surface area contributed by atoms with Crippen molar-refractivity contribution in [2.75, 3.05) is 6.54 Å². The maximum absolute atomic E-state index is 5.32. The van der Waals surface area contributed by atoms with Crippen LogP contribution in [0.2, 0.25) is 0 Å². The number of rotatable bonds is 4. The van der Waals surface area contributed by atoms with Gasteiger partial charge in [-0.2, -0.15) is 11.3 Å². The van der Waals surface area contributed by atoms with E-state index in [0.717, 1.165) is 11.3 Å². The highest BCUT2D eigenvalue weighted by molar-refractivity contribution is 7.07. The van der Waals surface area contributed by atoms with Crippen molar-refractivity contribution >= 4 is 17.0 Å². The van der Waals surface area contributed by atoms with Gasteiger partial charge in [-0.3, -0.25) is 0 Å². The molecule has 0 spiro atoms. The van der Waals surface area contributed by atoms with Gasteiger partial charge in [0.15, 0.2) is 0 Å². The Morgan fingerprint density at radius 2 is 2.58 bits per heavy atom. The summed E-state index contributed by atoms with van der Waals surface area (Å²) in [7, 11) is 0. The van der Waals surface area contributed by atoms with E-state index in [1.807, 2.05) is 23.8 Å². The van der Waals surface area contributed by atoms with Crippen molar-refractivity contribution in [3.63, 3.8) is 0 Å². The number of oxime groups is 1. The van der Waals surface area contributed by atoms with Gasteiger partial charge >= 0.3 is 0 Å². The summed E-state index contributed by atoms with van der Waals surface area (Å²) in [5, 5.41) is 7.86. The molecule has 3 nitrogen and oxygen atoms in total. The normalized spacial score (nSPS) is 11.7. The second-order valence-corrected chi connectivity index (χ2v) is 3.22. The Bertz CT molecular complexity index is 244. The second-order valence-electron chi connectivity index (χ2n) is 2.44. The van der Waals surface area contributed by atoms with Gasteiger partial charge in [0, 0.05) is 12.1 Å². The molecule has 0 saturated carbocycles. The minimum absolute atomic E-state index is 0.448. The molecule has 1 aromatic rings. The smallest absolute Gasteiger partial charge is 0.143 e. The number of hydrogen-bond donors (Lipinski definition) is 1. The van der Waals surface area contributed by atoms with Crippen LogP contribution < -0.4 is 5.73 Å². The van der Waals surface area contributed by atoms with Crippen molar-refractivity contribution in [3.05, 3.63) is 22.4 Å². The fraction of sp³-hybridized carbons (Fsp3) is 0.375. The van der Waals surface area contributed by atoms with Crippen LogP contribution in [0.4, 0.5) is 0 Å². The summed E-state index contributed by atoms with van der Waals surface area (Å²) in [6.45, 7) is 2.82. The number of nitrogens with zero attached hydrogens (tertiary/aromatic N) is 1. The van der Waals surface area contributed by atoms with Gasteiger partial charge in [-0.25, -0.2) is 0 Å². The molecule has 4 heteroatoms. The van der Waals surface area contributed by atoms with Crippen molar-refractivity contribution in [1.82, 2.24) is 0 Å². The Morgan fingerprint density at radius 1 is 1.75 bits per heavy atom. The quantitative estimate of drug-likeness (QED) is 0.570. The molecular formula is C8H12N2OS. The van der Waals surface area contributed by atoms with Gasteiger partial charge in [0.05, 0.1) is 5.71 Å². The van der Waals surface area contributed by atoms with E-state index < -0.39 is 0 Å². The van der Waals surface area contributed by atoms with Gasteiger partial charge in [0.1, 0.15) is 6.61 Å². The van der Waals surface area contributed by atoms with Crippen LogP contribution >= 0.6 is 11.3 Å². The molecule has 1 heterocycles. The zero-order chi connectivity index (χ0) is 8.81. The maximum atomic E-state index is 5.32. The first-order chi connectivity index (χ1) is 5.83. The summed E-state index contributed by atoms with van der Waals surface area (Å²) in [6.07, 6.45) is 0. The van der Waals surface area contributed by atoms with Crippen LogP contribution in [0.25, 0.3) is 0 Å². The van der Waals surface area contributed by atoms with Gasteiger partial charge < -0.3 is 10.6 Å². The molecule has 0 aliphatic carbocycles. The Morgan fingerprint density at radius 3 is 3.17 bits per heavy atom. The largest absolute Gasteiger partial charge is 0.391 e. The SMILES string of the molecule is C/C(CN)=N\OCc1ccsc1. The average molecular weight is 184 g/mol. The van der Waals surface area contributed by atoms with Crippen LogP contribution in [0.3, 0.4) is 0 Å². The Kier molecular flexibility index (Phi) is 3.76. The Labute approximate surface area is 75.8 Å². The van der Waals surface area contributed by atoms with Crippen LogP contribution in [0, 0.1) is 0 Å². The zero-order valence-electron chi connectivity index (χ0n) is 6.99. The summed E-state index contributed by atoms with van der Waals surface area (Å²) in [5.74, 6) is 0. The van der Waals surface area contributed by atoms with Crippen molar-refractivity contribution in [3.8, 4) is 0 Å². The summed E-state index contributed by atoms with van der Waals surface area (Å²) >= 11 is 1.65. The van der Waals surface area contributed by atoms with E-state index in [1.54, 1.807) is 11.3 Å². The van der Waals surface area contributed by atoms with E-state index in [2.05, 4.69) is 5.16 Å². The van der Waals surface area contributed by atoms with Crippen molar-refractivity contribution in [1.29, 1.82) is 0 Å². The third-order valence-corrected chi connectivity index (χ3v) is 2.06. The molecule has 0 aliphatic rings. The van der Waals surface area contributed by atoms with Crippen LogP contribution in [0.1, 0.15) is 12.5 Å². The molecule has 0 saturated heterocycles. The molecule has 1 rings (SSSR count). The monoisotopic (exact) mass is 184 g/mol. The third-order valence-electron chi connectivity index (χ3n) is 1.33. The molecule has 0 unspecified atom stereocenters. The van der Waals surface area contributed by atoms with Gasteiger partial charge in [-0.15, -0.1) is 0 Å². The molecule has 2 N–H and O–H groups in total. The lowest BCUT2D eigenvalue weighted by molar-refractivity contribution is 0.130. The lowest BCUT2D eigenvalue weighted by Crippen LogP contribution is -2.09. The molecule has 66 valence electrons. The number of hydrogen-bond acceptors (Lipinski definition) is 4. The maximum Gasteiger partial charge on any atom is 0.143 e. The van der Waals surface area contributed by atoms with Gasteiger partial charge in [0.2, 0.25) is 0 Å². The van der Waals surface area contributed by atoms with Crippen LogP contribution in [0.5, 0.6) is 0 Å². The number of nitrogens with two attached hydrogens (primary N) is 1. The summed E-state index contributed by atoms with van der Waals surface area (Å²) < 4.78 is 0. The molecular weight excluding hydrogens is 172 g/mol. The van der Waals surface area contributed by atoms with E-state index >= 15 is 0 Å². The van der Waals surface area contributed by atoms with E-state index in [1.165, 1.54) is 0 Å². The molecule has 0 aromatic carbocycles. The van der Waals surface area contributed by atoms with Gasteiger partial charge in [-0.1, -0.05) is 5.16 Å². The second kappa shape index (κ2) is 4.90. The summed E-state index contributed by atoms with van der Waals surface area (Å²) in [6, 6.07) is 2.01. The van der Waals surface area contributed by atoms with E-state index in [0.29, 0.717) is 13.2 Å². The molecule has 0 atom stereocenters. The van der Waals surface area contributed by atoms with Crippen molar-refractivity contribution < 1.29 is 4.84 Å². The van der Waals surface area contributed by atoms with Crippen molar-refractivity contribution in [2.45, 2.75) is 13.5 Å². The molecule has 0 amide bonds. The van der Waals surface area contributed by atoms with Crippen LogP contribution in [-0.4, -0.2) is 12.3 Å². The average Bonchev–Trinajstić information content (AvgIpc) is 2.57. The topological polar surface area (TPSA) is 47.6 Å². The minimum Gasteiger partial charge on any atom is -0.391 e. The van der Waals surface area contributed by atoms with Gasteiger partial charge in [-0.05, 0) is 23.8 Å². The molecule has 0 fully saturated rings. The first kappa shape index (κ1) is 9.22. The van der Waals surface area contributed by atoms with E-state index in [9.17, 15) is 0 Å². The lowest BCUT2D eigenvalue weighted by atomic mass is 10.4. The highest BCUT2D eigenvalue weighted by Gasteiger charge is 1.91. The summed E-state index contributed by atoms with van der Waals surface area (Å²) in [4.78, 5) is 5.05. The molecule has 0 radical (unpaired) electrons. The van der Waals surface area contributed by atoms with Gasteiger partial charge in [0.25, 0.3) is 0 Å². The van der Waals surface area contributed by atoms with Crippen LogP contribution in [-0.2, 0) is 11.4 Å². The zero-order valence-corrected chi connectivity index (χ0v) is 7.80. The molecule has 1 aromatic heterocycles.